The first kappa shape index (κ1) is 18.5. The predicted octanol–water partition coefficient (Wildman–Crippen LogP) is 3.50. The minimum absolute atomic E-state index is 0.0807. The van der Waals surface area contributed by atoms with E-state index in [1.807, 2.05) is 18.2 Å². The van der Waals surface area contributed by atoms with Crippen molar-refractivity contribution in [1.82, 2.24) is 30.6 Å². The number of hydrogen-bond acceptors (Lipinski definition) is 7. The topological polar surface area (TPSA) is 102 Å². The molecule has 0 bridgehead atoms. The van der Waals surface area contributed by atoms with Crippen LogP contribution in [0.2, 0.25) is 0 Å². The quantitative estimate of drug-likeness (QED) is 0.574. The van der Waals surface area contributed by atoms with E-state index in [0.717, 1.165) is 22.2 Å². The van der Waals surface area contributed by atoms with Crippen LogP contribution in [-0.2, 0) is 6.54 Å². The number of halogens is 1. The normalized spacial score (nSPS) is 12.5. The highest BCUT2D eigenvalue weighted by molar-refractivity contribution is 9.10. The lowest BCUT2D eigenvalue weighted by Gasteiger charge is -2.18. The maximum absolute atomic E-state index is 5.47. The number of nitrogens with one attached hydrogen (secondary N) is 2. The molecule has 3 rings (SSSR count). The van der Waals surface area contributed by atoms with Crippen molar-refractivity contribution in [2.24, 2.45) is 5.92 Å². The van der Waals surface area contributed by atoms with Crippen LogP contribution >= 0.6 is 15.9 Å². The van der Waals surface area contributed by atoms with Crippen LogP contribution in [0.4, 0.5) is 0 Å². The zero-order valence-corrected chi connectivity index (χ0v) is 16.4. The predicted molar refractivity (Wildman–Crippen MR) is 99.4 cm³/mol. The monoisotopic (exact) mass is 420 g/mol. The van der Waals surface area contributed by atoms with Crippen molar-refractivity contribution in [2.45, 2.75) is 32.9 Å². The van der Waals surface area contributed by atoms with Gasteiger partial charge < -0.3 is 14.6 Å². The summed E-state index contributed by atoms with van der Waals surface area (Å²) in [6, 6.07) is 5.84. The van der Waals surface area contributed by atoms with Crippen LogP contribution in [-0.4, -0.2) is 32.4 Å². The molecule has 0 fully saturated rings. The summed E-state index contributed by atoms with van der Waals surface area (Å²) in [5.74, 6) is 2.69. The molecule has 0 spiro atoms. The third-order valence-electron chi connectivity index (χ3n) is 3.86. The van der Waals surface area contributed by atoms with Gasteiger partial charge >= 0.3 is 0 Å². The Balaban J connectivity index is 1.78. The second-order valence-corrected chi connectivity index (χ2v) is 7.23. The SMILES string of the molecule is COc1ccc(Br)cc1CN[C@H](CC(C)C)c1nc(-c2ncn[nH]2)no1. The van der Waals surface area contributed by atoms with Gasteiger partial charge in [0.2, 0.25) is 11.7 Å². The number of aromatic amines is 1. The third-order valence-corrected chi connectivity index (χ3v) is 4.35. The molecule has 2 heterocycles. The Labute approximate surface area is 159 Å². The Kier molecular flexibility index (Phi) is 6.00. The van der Waals surface area contributed by atoms with E-state index < -0.39 is 0 Å². The van der Waals surface area contributed by atoms with Crippen LogP contribution < -0.4 is 10.1 Å². The first-order valence-electron chi connectivity index (χ1n) is 8.32. The molecule has 138 valence electrons. The van der Waals surface area contributed by atoms with Gasteiger partial charge in [0.05, 0.1) is 13.2 Å². The van der Waals surface area contributed by atoms with Crippen LogP contribution in [0.25, 0.3) is 11.6 Å². The number of H-pyrrole nitrogens is 1. The summed E-state index contributed by atoms with van der Waals surface area (Å²) in [5, 5.41) is 14.0. The molecule has 1 aromatic carbocycles. The van der Waals surface area contributed by atoms with E-state index in [1.165, 1.54) is 6.33 Å². The molecule has 0 amide bonds. The molecule has 26 heavy (non-hydrogen) atoms. The third kappa shape index (κ3) is 4.47. The maximum atomic E-state index is 5.47. The fourth-order valence-corrected chi connectivity index (χ4v) is 3.06. The van der Waals surface area contributed by atoms with Gasteiger partial charge in [-0.05, 0) is 30.5 Å². The van der Waals surface area contributed by atoms with Gasteiger partial charge in [0.25, 0.3) is 0 Å². The van der Waals surface area contributed by atoms with Crippen LogP contribution in [0, 0.1) is 5.92 Å². The lowest BCUT2D eigenvalue weighted by atomic mass is 10.0. The molecule has 0 aliphatic rings. The van der Waals surface area contributed by atoms with Crippen LogP contribution in [0.15, 0.2) is 33.5 Å². The summed E-state index contributed by atoms with van der Waals surface area (Å²) in [6.45, 7) is 4.92. The average molecular weight is 421 g/mol. The fraction of sp³-hybridized carbons (Fsp3) is 0.412. The molecule has 8 nitrogen and oxygen atoms in total. The molecular weight excluding hydrogens is 400 g/mol. The zero-order chi connectivity index (χ0) is 18.5. The van der Waals surface area contributed by atoms with E-state index in [4.69, 9.17) is 9.26 Å². The minimum Gasteiger partial charge on any atom is -0.496 e. The zero-order valence-electron chi connectivity index (χ0n) is 14.9. The van der Waals surface area contributed by atoms with E-state index >= 15 is 0 Å². The molecule has 2 aromatic heterocycles. The van der Waals surface area contributed by atoms with Crippen molar-refractivity contribution in [3.8, 4) is 17.4 Å². The number of aromatic nitrogens is 5. The van der Waals surface area contributed by atoms with Crippen molar-refractivity contribution in [1.29, 1.82) is 0 Å². The molecule has 0 saturated carbocycles. The van der Waals surface area contributed by atoms with Crippen molar-refractivity contribution in [3.05, 3.63) is 40.5 Å². The minimum atomic E-state index is -0.0807. The lowest BCUT2D eigenvalue weighted by molar-refractivity contribution is 0.302. The fourth-order valence-electron chi connectivity index (χ4n) is 2.65. The molecule has 0 saturated heterocycles. The Morgan fingerprint density at radius 2 is 2.19 bits per heavy atom. The molecule has 3 aromatic rings. The van der Waals surface area contributed by atoms with Crippen molar-refractivity contribution < 1.29 is 9.26 Å². The number of benzene rings is 1. The molecule has 0 radical (unpaired) electrons. The van der Waals surface area contributed by atoms with Crippen molar-refractivity contribution >= 4 is 15.9 Å². The van der Waals surface area contributed by atoms with Crippen molar-refractivity contribution in [3.63, 3.8) is 0 Å². The lowest BCUT2D eigenvalue weighted by Crippen LogP contribution is -2.23. The van der Waals surface area contributed by atoms with E-state index in [9.17, 15) is 0 Å². The molecule has 1 atom stereocenters. The average Bonchev–Trinajstić information content (AvgIpc) is 3.29. The summed E-state index contributed by atoms with van der Waals surface area (Å²) in [5.41, 5.74) is 1.05. The number of hydrogen-bond donors (Lipinski definition) is 2. The van der Waals surface area contributed by atoms with Crippen molar-refractivity contribution in [2.75, 3.05) is 7.11 Å². The van der Waals surface area contributed by atoms with Gasteiger partial charge in [-0.1, -0.05) is 34.9 Å². The molecule has 9 heteroatoms. The largest absolute Gasteiger partial charge is 0.496 e. The van der Waals surface area contributed by atoms with Gasteiger partial charge in [0.1, 0.15) is 12.1 Å². The van der Waals surface area contributed by atoms with E-state index in [0.29, 0.717) is 30.0 Å². The standard InChI is InChI=1S/C17H21BrN6O2/c1-10(2)6-13(17-22-16(24-26-17)15-20-9-21-23-15)19-8-11-7-12(18)4-5-14(11)25-3/h4-5,7,9-10,13,19H,6,8H2,1-3H3,(H,20,21,23)/t13-/m1/s1. The highest BCUT2D eigenvalue weighted by Crippen LogP contribution is 2.26. The number of ether oxygens (including phenoxy) is 1. The second-order valence-electron chi connectivity index (χ2n) is 6.31. The van der Waals surface area contributed by atoms with E-state index in [-0.39, 0.29) is 6.04 Å². The van der Waals surface area contributed by atoms with Gasteiger partial charge in [-0.15, -0.1) is 0 Å². The molecular formula is C17H21BrN6O2. The summed E-state index contributed by atoms with van der Waals surface area (Å²) in [6.07, 6.45) is 2.27. The van der Waals surface area contributed by atoms with E-state index in [2.05, 4.69) is 60.4 Å². The summed E-state index contributed by atoms with van der Waals surface area (Å²) in [7, 11) is 1.67. The van der Waals surface area contributed by atoms with Gasteiger partial charge in [-0.3, -0.25) is 5.10 Å². The van der Waals surface area contributed by atoms with Gasteiger partial charge in [-0.2, -0.15) is 10.1 Å². The Bertz CT molecular complexity index is 834. The van der Waals surface area contributed by atoms with Crippen LogP contribution in [0.1, 0.15) is 37.8 Å². The summed E-state index contributed by atoms with van der Waals surface area (Å²) < 4.78 is 11.9. The van der Waals surface area contributed by atoms with Gasteiger partial charge in [0, 0.05) is 16.6 Å². The summed E-state index contributed by atoms with van der Waals surface area (Å²) >= 11 is 3.50. The van der Waals surface area contributed by atoms with Gasteiger partial charge in [-0.25, -0.2) is 4.98 Å². The Morgan fingerprint density at radius 3 is 2.88 bits per heavy atom. The Morgan fingerprint density at radius 1 is 1.35 bits per heavy atom. The molecule has 2 N–H and O–H groups in total. The van der Waals surface area contributed by atoms with E-state index in [1.54, 1.807) is 7.11 Å². The summed E-state index contributed by atoms with van der Waals surface area (Å²) in [4.78, 5) is 8.52. The van der Waals surface area contributed by atoms with Crippen LogP contribution in [0.5, 0.6) is 5.75 Å². The molecule has 0 aliphatic carbocycles. The van der Waals surface area contributed by atoms with Crippen LogP contribution in [0.3, 0.4) is 0 Å². The maximum Gasteiger partial charge on any atom is 0.244 e. The number of methoxy groups -OCH3 is 1. The first-order valence-corrected chi connectivity index (χ1v) is 9.11. The highest BCUT2D eigenvalue weighted by atomic mass is 79.9. The Hall–Kier alpha value is -2.26. The smallest absolute Gasteiger partial charge is 0.244 e. The molecule has 0 unspecified atom stereocenters. The molecule has 0 aliphatic heterocycles. The second kappa shape index (κ2) is 8.41. The number of nitrogens with zero attached hydrogens (tertiary/aromatic N) is 4. The first-order chi connectivity index (χ1) is 12.6. The van der Waals surface area contributed by atoms with Gasteiger partial charge in [0.15, 0.2) is 5.82 Å². The number of rotatable bonds is 8. The highest BCUT2D eigenvalue weighted by Gasteiger charge is 2.22.